The van der Waals surface area contributed by atoms with Gasteiger partial charge < -0.3 is 15.0 Å². The summed E-state index contributed by atoms with van der Waals surface area (Å²) in [4.78, 5) is 25.7. The second-order valence-electron chi connectivity index (χ2n) is 5.31. The van der Waals surface area contributed by atoms with E-state index < -0.39 is 0 Å². The Morgan fingerprint density at radius 2 is 2.10 bits per heavy atom. The van der Waals surface area contributed by atoms with E-state index in [-0.39, 0.29) is 24.2 Å². The first kappa shape index (κ1) is 13.1. The van der Waals surface area contributed by atoms with E-state index in [9.17, 15) is 9.59 Å². The number of fused-ring (bicyclic) bond motifs is 1. The highest BCUT2D eigenvalue weighted by molar-refractivity contribution is 6.02. The van der Waals surface area contributed by atoms with Crippen LogP contribution in [-0.4, -0.2) is 38.4 Å². The van der Waals surface area contributed by atoms with E-state index in [4.69, 9.17) is 4.74 Å². The third kappa shape index (κ3) is 2.29. The van der Waals surface area contributed by atoms with Gasteiger partial charge in [-0.15, -0.1) is 0 Å². The minimum Gasteiger partial charge on any atom is -0.482 e. The van der Waals surface area contributed by atoms with Crippen LogP contribution in [0.4, 0.5) is 5.69 Å². The normalized spacial score (nSPS) is 19.4. The lowest BCUT2D eigenvalue weighted by atomic mass is 9.89. The number of carbonyl (C=O) groups is 2. The lowest BCUT2D eigenvalue weighted by Crippen LogP contribution is -2.36. The summed E-state index contributed by atoms with van der Waals surface area (Å²) >= 11 is 0. The Hall–Kier alpha value is -1.88. The maximum atomic E-state index is 12.5. The van der Waals surface area contributed by atoms with Crippen molar-refractivity contribution in [2.45, 2.75) is 12.8 Å². The number of Topliss-reactive ketones (excluding diaryl/α,β-unsaturated/α-hetero) is 1. The maximum absolute atomic E-state index is 12.5. The van der Waals surface area contributed by atoms with Gasteiger partial charge in [0.25, 0.3) is 5.91 Å². The number of nitrogens with zero attached hydrogens (tertiary/aromatic N) is 1. The van der Waals surface area contributed by atoms with Crippen molar-refractivity contribution < 1.29 is 14.3 Å². The molecule has 2 aliphatic heterocycles. The molecule has 0 atom stereocenters. The van der Waals surface area contributed by atoms with Gasteiger partial charge in [0.1, 0.15) is 5.75 Å². The number of hydrogen-bond donors (Lipinski definition) is 1. The van der Waals surface area contributed by atoms with Gasteiger partial charge in [-0.05, 0) is 44.1 Å². The second kappa shape index (κ2) is 5.25. The Kier molecular flexibility index (Phi) is 3.44. The summed E-state index contributed by atoms with van der Waals surface area (Å²) in [7, 11) is 1.71. The van der Waals surface area contributed by atoms with Crippen LogP contribution in [0.1, 0.15) is 23.2 Å². The number of piperidine rings is 1. The van der Waals surface area contributed by atoms with E-state index in [1.165, 1.54) is 0 Å². The fourth-order valence-corrected chi connectivity index (χ4v) is 2.75. The standard InChI is InChI=1S/C15H18N2O3/c1-17-12-8-11(2-3-13(12)20-9-14(17)18)15(19)10-4-6-16-7-5-10/h2-3,8,10,16H,4-7,9H2,1H3. The molecule has 5 heteroatoms. The van der Waals surface area contributed by atoms with Crippen molar-refractivity contribution >= 4 is 17.4 Å². The summed E-state index contributed by atoms with van der Waals surface area (Å²) in [6.45, 7) is 1.84. The van der Waals surface area contributed by atoms with Crippen molar-refractivity contribution in [1.82, 2.24) is 5.32 Å². The van der Waals surface area contributed by atoms with Gasteiger partial charge in [0, 0.05) is 18.5 Å². The molecular weight excluding hydrogens is 256 g/mol. The molecule has 1 aromatic carbocycles. The zero-order valence-corrected chi connectivity index (χ0v) is 11.5. The average Bonchev–Trinajstić information content (AvgIpc) is 2.51. The molecule has 1 saturated heterocycles. The Morgan fingerprint density at radius 3 is 2.85 bits per heavy atom. The van der Waals surface area contributed by atoms with Gasteiger partial charge in [0.15, 0.2) is 12.4 Å². The molecule has 0 aliphatic carbocycles. The Bertz CT molecular complexity index is 550. The van der Waals surface area contributed by atoms with Gasteiger partial charge in [0.2, 0.25) is 0 Å². The highest BCUT2D eigenvalue weighted by Gasteiger charge is 2.26. The topological polar surface area (TPSA) is 58.6 Å². The van der Waals surface area contributed by atoms with Crippen molar-refractivity contribution in [2.24, 2.45) is 5.92 Å². The zero-order chi connectivity index (χ0) is 14.1. The number of rotatable bonds is 2. The van der Waals surface area contributed by atoms with Crippen molar-refractivity contribution in [2.75, 3.05) is 31.6 Å². The predicted octanol–water partition coefficient (Wildman–Crippen LogP) is 1.22. The summed E-state index contributed by atoms with van der Waals surface area (Å²) < 4.78 is 5.37. The molecule has 106 valence electrons. The van der Waals surface area contributed by atoms with Crippen LogP contribution >= 0.6 is 0 Å². The van der Waals surface area contributed by atoms with Gasteiger partial charge in [-0.3, -0.25) is 9.59 Å². The summed E-state index contributed by atoms with van der Waals surface area (Å²) in [5, 5.41) is 3.26. The lowest BCUT2D eigenvalue weighted by molar-refractivity contribution is -0.120. The number of benzene rings is 1. The number of likely N-dealkylation sites (N-methyl/N-ethyl adjacent to an activating group) is 1. The average molecular weight is 274 g/mol. The van der Waals surface area contributed by atoms with Crippen molar-refractivity contribution in [1.29, 1.82) is 0 Å². The Morgan fingerprint density at radius 1 is 1.35 bits per heavy atom. The van der Waals surface area contributed by atoms with E-state index in [1.807, 2.05) is 0 Å². The van der Waals surface area contributed by atoms with Crippen LogP contribution in [0.5, 0.6) is 5.75 Å². The van der Waals surface area contributed by atoms with Crippen LogP contribution < -0.4 is 15.0 Å². The van der Waals surface area contributed by atoms with E-state index in [0.29, 0.717) is 17.0 Å². The third-order valence-corrected chi connectivity index (χ3v) is 4.04. The molecule has 1 aromatic rings. The lowest BCUT2D eigenvalue weighted by Gasteiger charge is -2.27. The van der Waals surface area contributed by atoms with E-state index in [1.54, 1.807) is 30.1 Å². The molecule has 0 spiro atoms. The molecule has 1 fully saturated rings. The number of hydrogen-bond acceptors (Lipinski definition) is 4. The Labute approximate surface area is 117 Å². The minimum atomic E-state index is -0.0936. The van der Waals surface area contributed by atoms with E-state index >= 15 is 0 Å². The third-order valence-electron chi connectivity index (χ3n) is 4.04. The molecule has 0 radical (unpaired) electrons. The molecule has 2 heterocycles. The van der Waals surface area contributed by atoms with Crippen LogP contribution in [0.3, 0.4) is 0 Å². The molecule has 2 aliphatic rings. The van der Waals surface area contributed by atoms with Crippen molar-refractivity contribution in [3.05, 3.63) is 23.8 Å². The highest BCUT2D eigenvalue weighted by atomic mass is 16.5. The monoisotopic (exact) mass is 274 g/mol. The molecule has 0 saturated carbocycles. The molecule has 20 heavy (non-hydrogen) atoms. The van der Waals surface area contributed by atoms with Crippen LogP contribution in [0, 0.1) is 5.92 Å². The SMILES string of the molecule is CN1C(=O)COc2ccc(C(=O)C3CCNCC3)cc21. The molecule has 3 rings (SSSR count). The number of ketones is 1. The van der Waals surface area contributed by atoms with E-state index in [0.717, 1.165) is 25.9 Å². The van der Waals surface area contributed by atoms with E-state index in [2.05, 4.69) is 5.32 Å². The fraction of sp³-hybridized carbons (Fsp3) is 0.467. The second-order valence-corrected chi connectivity index (χ2v) is 5.31. The van der Waals surface area contributed by atoms with Crippen LogP contribution in [0.15, 0.2) is 18.2 Å². The Balaban J connectivity index is 1.87. The largest absolute Gasteiger partial charge is 0.482 e. The summed E-state index contributed by atoms with van der Waals surface area (Å²) in [5.74, 6) is 0.818. The van der Waals surface area contributed by atoms with Crippen LogP contribution in [-0.2, 0) is 4.79 Å². The molecule has 0 aromatic heterocycles. The van der Waals surface area contributed by atoms with Gasteiger partial charge >= 0.3 is 0 Å². The highest BCUT2D eigenvalue weighted by Crippen LogP contribution is 2.33. The predicted molar refractivity (Wildman–Crippen MR) is 75.3 cm³/mol. The maximum Gasteiger partial charge on any atom is 0.264 e. The molecule has 1 N–H and O–H groups in total. The summed E-state index contributed by atoms with van der Waals surface area (Å²) in [6.07, 6.45) is 1.75. The van der Waals surface area contributed by atoms with Gasteiger partial charge in [-0.2, -0.15) is 0 Å². The van der Waals surface area contributed by atoms with Gasteiger partial charge in [0.05, 0.1) is 5.69 Å². The van der Waals surface area contributed by atoms with Gasteiger partial charge in [-0.25, -0.2) is 0 Å². The molecule has 0 unspecified atom stereocenters. The summed E-state index contributed by atoms with van der Waals surface area (Å²) in [5.41, 5.74) is 1.35. The van der Waals surface area contributed by atoms with Gasteiger partial charge in [-0.1, -0.05) is 0 Å². The summed E-state index contributed by atoms with van der Waals surface area (Å²) in [6, 6.07) is 5.36. The fourth-order valence-electron chi connectivity index (χ4n) is 2.75. The molecule has 5 nitrogen and oxygen atoms in total. The van der Waals surface area contributed by atoms with Crippen LogP contribution in [0.2, 0.25) is 0 Å². The van der Waals surface area contributed by atoms with Crippen molar-refractivity contribution in [3.63, 3.8) is 0 Å². The smallest absolute Gasteiger partial charge is 0.264 e. The number of amides is 1. The minimum absolute atomic E-state index is 0.0606. The molecule has 0 bridgehead atoms. The number of ether oxygens (including phenoxy) is 1. The number of nitrogens with one attached hydrogen (secondary N) is 1. The number of carbonyl (C=O) groups excluding carboxylic acids is 2. The molecular formula is C15H18N2O3. The first-order valence-electron chi connectivity index (χ1n) is 6.95. The zero-order valence-electron chi connectivity index (χ0n) is 11.5. The quantitative estimate of drug-likeness (QED) is 0.824. The first-order chi connectivity index (χ1) is 9.66. The van der Waals surface area contributed by atoms with Crippen molar-refractivity contribution in [3.8, 4) is 5.75 Å². The molecule has 1 amide bonds. The number of anilines is 1. The van der Waals surface area contributed by atoms with Crippen LogP contribution in [0.25, 0.3) is 0 Å². The first-order valence-corrected chi connectivity index (χ1v) is 6.95.